The molecule has 0 radical (unpaired) electrons. The SMILES string of the molecule is CCN(CCc1ccccc1)C(=O)C(CC)(CC)CN.Cl. The summed E-state index contributed by atoms with van der Waals surface area (Å²) in [6.07, 6.45) is 2.51. The van der Waals surface area contributed by atoms with Crippen LogP contribution in [0.1, 0.15) is 39.2 Å². The van der Waals surface area contributed by atoms with Crippen LogP contribution >= 0.6 is 12.4 Å². The van der Waals surface area contributed by atoms with Gasteiger partial charge in [-0.05, 0) is 31.7 Å². The van der Waals surface area contributed by atoms with Crippen molar-refractivity contribution < 1.29 is 4.79 Å². The monoisotopic (exact) mass is 312 g/mol. The molecule has 1 aromatic carbocycles. The smallest absolute Gasteiger partial charge is 0.230 e. The first-order valence-corrected chi connectivity index (χ1v) is 7.66. The van der Waals surface area contributed by atoms with Crippen molar-refractivity contribution >= 4 is 18.3 Å². The maximum Gasteiger partial charge on any atom is 0.230 e. The van der Waals surface area contributed by atoms with E-state index in [2.05, 4.69) is 26.0 Å². The molecule has 1 aromatic rings. The molecule has 0 unspecified atom stereocenters. The van der Waals surface area contributed by atoms with E-state index < -0.39 is 0 Å². The molecule has 0 aliphatic heterocycles. The van der Waals surface area contributed by atoms with Crippen LogP contribution in [0.3, 0.4) is 0 Å². The first kappa shape index (κ1) is 19.9. The minimum absolute atomic E-state index is 0. The third kappa shape index (κ3) is 5.01. The lowest BCUT2D eigenvalue weighted by atomic mass is 9.81. The van der Waals surface area contributed by atoms with Crippen molar-refractivity contribution in [3.05, 3.63) is 35.9 Å². The molecule has 0 saturated heterocycles. The van der Waals surface area contributed by atoms with Crippen molar-refractivity contribution in [1.82, 2.24) is 4.90 Å². The van der Waals surface area contributed by atoms with Gasteiger partial charge in [0.2, 0.25) is 5.91 Å². The van der Waals surface area contributed by atoms with Crippen molar-refractivity contribution in [3.63, 3.8) is 0 Å². The maximum absolute atomic E-state index is 12.8. The molecule has 2 N–H and O–H groups in total. The molecule has 0 heterocycles. The Kier molecular flexibility index (Phi) is 9.31. The van der Waals surface area contributed by atoms with Crippen LogP contribution in [0.4, 0.5) is 0 Å². The van der Waals surface area contributed by atoms with Gasteiger partial charge in [-0.1, -0.05) is 44.2 Å². The van der Waals surface area contributed by atoms with Gasteiger partial charge in [0, 0.05) is 19.6 Å². The fourth-order valence-corrected chi connectivity index (χ4v) is 2.58. The molecule has 0 spiro atoms. The summed E-state index contributed by atoms with van der Waals surface area (Å²) in [6.45, 7) is 8.09. The molecule has 0 aromatic heterocycles. The Morgan fingerprint density at radius 2 is 1.71 bits per heavy atom. The van der Waals surface area contributed by atoms with Crippen LogP contribution in [0, 0.1) is 5.41 Å². The minimum Gasteiger partial charge on any atom is -0.342 e. The number of likely N-dealkylation sites (N-methyl/N-ethyl adjacent to an activating group) is 1. The Morgan fingerprint density at radius 1 is 1.14 bits per heavy atom. The van der Waals surface area contributed by atoms with Crippen LogP contribution < -0.4 is 5.73 Å². The number of hydrogen-bond donors (Lipinski definition) is 1. The second-order valence-electron chi connectivity index (χ2n) is 5.31. The Balaban J connectivity index is 0.00000400. The predicted molar refractivity (Wildman–Crippen MR) is 91.7 cm³/mol. The van der Waals surface area contributed by atoms with E-state index in [1.165, 1.54) is 5.56 Å². The Hall–Kier alpha value is -1.06. The van der Waals surface area contributed by atoms with Gasteiger partial charge >= 0.3 is 0 Å². The highest BCUT2D eigenvalue weighted by molar-refractivity contribution is 5.85. The fraction of sp³-hybridized carbons (Fsp3) is 0.588. The van der Waals surface area contributed by atoms with Crippen LogP contribution in [0.5, 0.6) is 0 Å². The van der Waals surface area contributed by atoms with Crippen LogP contribution in [0.15, 0.2) is 30.3 Å². The van der Waals surface area contributed by atoms with Gasteiger partial charge in [0.05, 0.1) is 5.41 Å². The lowest BCUT2D eigenvalue weighted by Gasteiger charge is -2.34. The molecule has 0 fully saturated rings. The quantitative estimate of drug-likeness (QED) is 0.801. The second kappa shape index (κ2) is 9.80. The number of nitrogens with two attached hydrogens (primary N) is 1. The first-order valence-electron chi connectivity index (χ1n) is 7.66. The number of carbonyl (C=O) groups excluding carboxylic acids is 1. The lowest BCUT2D eigenvalue weighted by Crippen LogP contribution is -2.48. The van der Waals surface area contributed by atoms with Gasteiger partial charge in [0.1, 0.15) is 0 Å². The van der Waals surface area contributed by atoms with Crippen molar-refractivity contribution in [3.8, 4) is 0 Å². The van der Waals surface area contributed by atoms with E-state index in [9.17, 15) is 4.79 Å². The number of rotatable bonds is 8. The number of halogens is 1. The molecule has 0 aliphatic carbocycles. The van der Waals surface area contributed by atoms with E-state index >= 15 is 0 Å². The average Bonchev–Trinajstić information content (AvgIpc) is 2.51. The second-order valence-corrected chi connectivity index (χ2v) is 5.31. The number of carbonyl (C=O) groups is 1. The van der Waals surface area contributed by atoms with Crippen LogP contribution in [0.25, 0.3) is 0 Å². The van der Waals surface area contributed by atoms with Crippen LogP contribution in [-0.4, -0.2) is 30.4 Å². The summed E-state index contributed by atoms with van der Waals surface area (Å²) in [5.74, 6) is 0.212. The molecular formula is C17H29ClN2O. The van der Waals surface area contributed by atoms with E-state index in [0.29, 0.717) is 6.54 Å². The number of hydrogen-bond acceptors (Lipinski definition) is 2. The summed E-state index contributed by atoms with van der Waals surface area (Å²) in [6, 6.07) is 10.3. The standard InChI is InChI=1S/C17H28N2O.ClH/c1-4-17(5-2,14-18)16(20)19(6-3)13-12-15-10-8-7-9-11-15;/h7-11H,4-6,12-14,18H2,1-3H3;1H. The zero-order valence-electron chi connectivity index (χ0n) is 13.5. The Morgan fingerprint density at radius 3 is 2.14 bits per heavy atom. The van der Waals surface area contributed by atoms with Crippen LogP contribution in [-0.2, 0) is 11.2 Å². The van der Waals surface area contributed by atoms with E-state index in [1.54, 1.807) is 0 Å². The highest BCUT2D eigenvalue weighted by Crippen LogP contribution is 2.27. The molecule has 4 heteroatoms. The van der Waals surface area contributed by atoms with E-state index in [0.717, 1.165) is 32.4 Å². The van der Waals surface area contributed by atoms with Gasteiger partial charge in [-0.3, -0.25) is 4.79 Å². The molecule has 1 amide bonds. The van der Waals surface area contributed by atoms with E-state index in [4.69, 9.17) is 5.73 Å². The molecule has 3 nitrogen and oxygen atoms in total. The topological polar surface area (TPSA) is 46.3 Å². The van der Waals surface area contributed by atoms with Crippen molar-refractivity contribution in [2.24, 2.45) is 11.1 Å². The minimum atomic E-state index is -0.382. The summed E-state index contributed by atoms with van der Waals surface area (Å²) >= 11 is 0. The Labute approximate surface area is 135 Å². The van der Waals surface area contributed by atoms with Gasteiger partial charge in [-0.25, -0.2) is 0 Å². The van der Waals surface area contributed by atoms with Crippen molar-refractivity contribution in [1.29, 1.82) is 0 Å². The first-order chi connectivity index (χ1) is 9.63. The van der Waals surface area contributed by atoms with E-state index in [1.807, 2.05) is 30.0 Å². The molecule has 21 heavy (non-hydrogen) atoms. The molecule has 1 rings (SSSR count). The zero-order valence-corrected chi connectivity index (χ0v) is 14.3. The summed E-state index contributed by atoms with van der Waals surface area (Å²) < 4.78 is 0. The van der Waals surface area contributed by atoms with Gasteiger partial charge < -0.3 is 10.6 Å². The van der Waals surface area contributed by atoms with Crippen molar-refractivity contribution in [2.45, 2.75) is 40.0 Å². The number of nitrogens with zero attached hydrogens (tertiary/aromatic N) is 1. The molecule has 0 saturated carbocycles. The van der Waals surface area contributed by atoms with Gasteiger partial charge in [0.15, 0.2) is 0 Å². The number of amides is 1. The van der Waals surface area contributed by atoms with E-state index in [-0.39, 0.29) is 23.7 Å². The molecule has 0 atom stereocenters. The fourth-order valence-electron chi connectivity index (χ4n) is 2.58. The molecule has 0 aliphatic rings. The molecule has 0 bridgehead atoms. The summed E-state index contributed by atoms with van der Waals surface area (Å²) in [5, 5.41) is 0. The lowest BCUT2D eigenvalue weighted by molar-refractivity contribution is -0.142. The predicted octanol–water partition coefficient (Wildman–Crippen LogP) is 3.26. The van der Waals surface area contributed by atoms with Crippen LogP contribution in [0.2, 0.25) is 0 Å². The van der Waals surface area contributed by atoms with Crippen molar-refractivity contribution in [2.75, 3.05) is 19.6 Å². The normalized spacial score (nSPS) is 10.9. The highest BCUT2D eigenvalue weighted by atomic mass is 35.5. The van der Waals surface area contributed by atoms with Gasteiger partial charge in [-0.2, -0.15) is 0 Å². The highest BCUT2D eigenvalue weighted by Gasteiger charge is 2.36. The largest absolute Gasteiger partial charge is 0.342 e. The molecule has 120 valence electrons. The summed E-state index contributed by atoms with van der Waals surface area (Å²) in [7, 11) is 0. The van der Waals surface area contributed by atoms with Gasteiger partial charge in [-0.15, -0.1) is 12.4 Å². The number of benzene rings is 1. The summed E-state index contributed by atoms with van der Waals surface area (Å²) in [4.78, 5) is 14.7. The Bertz CT molecular complexity index is 396. The summed E-state index contributed by atoms with van der Waals surface area (Å²) in [5.41, 5.74) is 6.77. The maximum atomic E-state index is 12.8. The third-order valence-corrected chi connectivity index (χ3v) is 4.38. The zero-order chi connectivity index (χ0) is 15.0. The average molecular weight is 313 g/mol. The van der Waals surface area contributed by atoms with Gasteiger partial charge in [0.25, 0.3) is 0 Å². The molecular weight excluding hydrogens is 284 g/mol. The third-order valence-electron chi connectivity index (χ3n) is 4.38.